The Balaban J connectivity index is 1.78. The molecule has 0 nitrogen and oxygen atoms in total. The molecule has 0 fully saturated rings. The van der Waals surface area contributed by atoms with Crippen LogP contribution in [0.3, 0.4) is 0 Å². The molecule has 0 saturated heterocycles. The molecule has 0 aliphatic heterocycles. The summed E-state index contributed by atoms with van der Waals surface area (Å²) in [4.78, 5) is 0. The Morgan fingerprint density at radius 1 is 0.400 bits per heavy atom. The lowest BCUT2D eigenvalue weighted by Gasteiger charge is -2.12. The summed E-state index contributed by atoms with van der Waals surface area (Å²) in [6.45, 7) is 0. The topological polar surface area (TPSA) is 0 Å². The molecule has 0 spiro atoms. The van der Waals surface area contributed by atoms with E-state index in [0.29, 0.717) is 22.3 Å². The van der Waals surface area contributed by atoms with Crippen LogP contribution in [0.15, 0.2) is 84.9 Å². The van der Waals surface area contributed by atoms with Gasteiger partial charge in [0, 0.05) is 12.1 Å². The molecule has 0 aromatic heterocycles. The zero-order chi connectivity index (χ0) is 20.8. The van der Waals surface area contributed by atoms with E-state index in [9.17, 15) is 17.6 Å². The number of fused-ring (bicyclic) bond motifs is 2. The van der Waals surface area contributed by atoms with Gasteiger partial charge in [0.15, 0.2) is 0 Å². The van der Waals surface area contributed by atoms with E-state index in [1.54, 1.807) is 0 Å². The zero-order valence-corrected chi connectivity index (χ0v) is 15.6. The first-order valence-electron chi connectivity index (χ1n) is 9.36. The van der Waals surface area contributed by atoms with Gasteiger partial charge in [-0.3, -0.25) is 0 Å². The minimum Gasteiger partial charge on any atom is -0.207 e. The fourth-order valence-electron chi connectivity index (χ4n) is 3.97. The Bertz CT molecular complexity index is 1290. The summed E-state index contributed by atoms with van der Waals surface area (Å²) in [5.74, 6) is -2.56. The van der Waals surface area contributed by atoms with Gasteiger partial charge in [-0.25, -0.2) is 17.6 Å². The quantitative estimate of drug-likeness (QED) is 0.208. The molecule has 0 atom stereocenters. The fraction of sp³-hybridized carbons (Fsp3) is 0. The molecule has 0 heterocycles. The predicted octanol–water partition coefficient (Wildman–Crippen LogP) is 7.88. The Kier molecular flexibility index (Phi) is 4.28. The summed E-state index contributed by atoms with van der Waals surface area (Å²) in [7, 11) is 0. The Labute approximate surface area is 170 Å². The van der Waals surface area contributed by atoms with Crippen molar-refractivity contribution >= 4 is 21.5 Å². The number of hydrogen-bond acceptors (Lipinski definition) is 0. The van der Waals surface area contributed by atoms with Gasteiger partial charge in [-0.15, -0.1) is 0 Å². The van der Waals surface area contributed by atoms with Crippen molar-refractivity contribution < 1.29 is 17.6 Å². The van der Waals surface area contributed by atoms with Crippen molar-refractivity contribution in [3.8, 4) is 22.3 Å². The summed E-state index contributed by atoms with van der Waals surface area (Å²) in [6.07, 6.45) is 0. The van der Waals surface area contributed by atoms with Gasteiger partial charge in [-0.2, -0.15) is 0 Å². The van der Waals surface area contributed by atoms with E-state index in [0.717, 1.165) is 33.7 Å². The maximum absolute atomic E-state index is 13.8. The van der Waals surface area contributed by atoms with Crippen LogP contribution in [0.25, 0.3) is 43.8 Å². The highest BCUT2D eigenvalue weighted by Crippen LogP contribution is 2.36. The van der Waals surface area contributed by atoms with E-state index in [1.807, 2.05) is 48.5 Å². The van der Waals surface area contributed by atoms with Crippen LogP contribution in [0.1, 0.15) is 0 Å². The second kappa shape index (κ2) is 6.99. The lowest BCUT2D eigenvalue weighted by molar-refractivity contribution is 0.583. The summed E-state index contributed by atoms with van der Waals surface area (Å²) in [6, 6.07) is 21.8. The lowest BCUT2D eigenvalue weighted by atomic mass is 9.92. The van der Waals surface area contributed by atoms with Crippen molar-refractivity contribution in [3.05, 3.63) is 108 Å². The van der Waals surface area contributed by atoms with Gasteiger partial charge in [0.1, 0.15) is 23.3 Å². The third-order valence-electron chi connectivity index (χ3n) is 5.23. The normalized spacial score (nSPS) is 11.3. The van der Waals surface area contributed by atoms with Crippen LogP contribution in [0.2, 0.25) is 0 Å². The second-order valence-electron chi connectivity index (χ2n) is 7.22. The van der Waals surface area contributed by atoms with Crippen LogP contribution in [0.4, 0.5) is 17.6 Å². The molecule has 5 rings (SSSR count). The molecule has 5 aromatic carbocycles. The molecular weight excluding hydrogens is 388 g/mol. The summed E-state index contributed by atoms with van der Waals surface area (Å²) < 4.78 is 55.1. The first-order valence-corrected chi connectivity index (χ1v) is 9.36. The molecule has 0 saturated carbocycles. The maximum atomic E-state index is 13.8. The van der Waals surface area contributed by atoms with E-state index < -0.39 is 23.3 Å². The SMILES string of the molecule is Fc1cc(F)cc(-c2cccc3cc4c(-c5cc(F)cc(F)c5)cccc4cc23)c1. The van der Waals surface area contributed by atoms with Crippen LogP contribution < -0.4 is 0 Å². The summed E-state index contributed by atoms with van der Waals surface area (Å²) >= 11 is 0. The van der Waals surface area contributed by atoms with Crippen molar-refractivity contribution in [2.24, 2.45) is 0 Å². The minimum absolute atomic E-state index is 0.445. The zero-order valence-electron chi connectivity index (χ0n) is 15.6. The molecule has 30 heavy (non-hydrogen) atoms. The van der Waals surface area contributed by atoms with E-state index in [2.05, 4.69) is 0 Å². The van der Waals surface area contributed by atoms with Gasteiger partial charge in [-0.05, 0) is 80.2 Å². The van der Waals surface area contributed by atoms with Gasteiger partial charge < -0.3 is 0 Å². The number of rotatable bonds is 2. The second-order valence-corrected chi connectivity index (χ2v) is 7.22. The van der Waals surface area contributed by atoms with Crippen molar-refractivity contribution in [1.29, 1.82) is 0 Å². The van der Waals surface area contributed by atoms with Gasteiger partial charge >= 0.3 is 0 Å². The molecular formula is C26H14F4. The molecule has 0 unspecified atom stereocenters. The smallest absolute Gasteiger partial charge is 0.126 e. The van der Waals surface area contributed by atoms with E-state index in [4.69, 9.17) is 0 Å². The average Bonchev–Trinajstić information content (AvgIpc) is 2.70. The van der Waals surface area contributed by atoms with Crippen LogP contribution >= 0.6 is 0 Å². The molecule has 0 aliphatic carbocycles. The minimum atomic E-state index is -0.641. The molecule has 0 amide bonds. The average molecular weight is 402 g/mol. The third-order valence-corrected chi connectivity index (χ3v) is 5.23. The lowest BCUT2D eigenvalue weighted by Crippen LogP contribution is -1.88. The highest BCUT2D eigenvalue weighted by Gasteiger charge is 2.11. The first kappa shape index (κ1) is 18.4. The molecule has 0 bridgehead atoms. The van der Waals surface area contributed by atoms with Gasteiger partial charge in [0.2, 0.25) is 0 Å². The summed E-state index contributed by atoms with van der Waals surface area (Å²) in [5, 5.41) is 3.37. The number of halogens is 4. The Morgan fingerprint density at radius 2 is 0.767 bits per heavy atom. The Hall–Kier alpha value is -3.66. The van der Waals surface area contributed by atoms with Crippen molar-refractivity contribution in [3.63, 3.8) is 0 Å². The van der Waals surface area contributed by atoms with E-state index >= 15 is 0 Å². The third kappa shape index (κ3) is 3.20. The van der Waals surface area contributed by atoms with Crippen LogP contribution in [-0.4, -0.2) is 0 Å². The first-order chi connectivity index (χ1) is 14.5. The van der Waals surface area contributed by atoms with Crippen molar-refractivity contribution in [2.45, 2.75) is 0 Å². The molecule has 0 N–H and O–H groups in total. The van der Waals surface area contributed by atoms with Gasteiger partial charge in [-0.1, -0.05) is 36.4 Å². The molecule has 5 aromatic rings. The highest BCUT2D eigenvalue weighted by atomic mass is 19.1. The van der Waals surface area contributed by atoms with Crippen molar-refractivity contribution in [2.75, 3.05) is 0 Å². The summed E-state index contributed by atoms with van der Waals surface area (Å²) in [5.41, 5.74) is 2.30. The van der Waals surface area contributed by atoms with E-state index in [-0.39, 0.29) is 0 Å². The van der Waals surface area contributed by atoms with Crippen LogP contribution in [0.5, 0.6) is 0 Å². The van der Waals surface area contributed by atoms with Gasteiger partial charge in [0.25, 0.3) is 0 Å². The highest BCUT2D eigenvalue weighted by molar-refractivity contribution is 6.08. The predicted molar refractivity (Wildman–Crippen MR) is 112 cm³/mol. The Morgan fingerprint density at radius 3 is 1.13 bits per heavy atom. The van der Waals surface area contributed by atoms with Crippen LogP contribution in [0, 0.1) is 23.3 Å². The maximum Gasteiger partial charge on any atom is 0.126 e. The molecule has 0 aliphatic rings. The molecule has 4 heteroatoms. The van der Waals surface area contributed by atoms with E-state index in [1.165, 1.54) is 24.3 Å². The van der Waals surface area contributed by atoms with Crippen LogP contribution in [-0.2, 0) is 0 Å². The fourth-order valence-corrected chi connectivity index (χ4v) is 3.97. The standard InChI is InChI=1S/C26H14F4/c27-19-7-17(8-20(28)13-19)23-5-1-3-15-11-26-16(12-25(15)23)4-2-6-24(26)18-9-21(29)14-22(30)10-18/h1-14H. The van der Waals surface area contributed by atoms with Gasteiger partial charge in [0.05, 0.1) is 0 Å². The van der Waals surface area contributed by atoms with Crippen molar-refractivity contribution in [1.82, 2.24) is 0 Å². The number of hydrogen-bond donors (Lipinski definition) is 0. The monoisotopic (exact) mass is 402 g/mol. The molecule has 146 valence electrons. The molecule has 0 radical (unpaired) electrons. The largest absolute Gasteiger partial charge is 0.207 e. The number of benzene rings is 5.